The minimum atomic E-state index is 0.166. The Morgan fingerprint density at radius 3 is 2.65 bits per heavy atom. The number of carbonyl (C=O) groups excluding carboxylic acids is 1. The smallest absolute Gasteiger partial charge is 0.220 e. The van der Waals surface area contributed by atoms with Gasteiger partial charge in [0.2, 0.25) is 5.91 Å². The van der Waals surface area contributed by atoms with Gasteiger partial charge in [-0.15, -0.1) is 0 Å². The summed E-state index contributed by atoms with van der Waals surface area (Å²) in [5.74, 6) is 0.166. The van der Waals surface area contributed by atoms with Gasteiger partial charge in [0.15, 0.2) is 0 Å². The normalized spacial score (nSPS) is 17.8. The van der Waals surface area contributed by atoms with Crippen LogP contribution in [0.3, 0.4) is 0 Å². The van der Waals surface area contributed by atoms with Gasteiger partial charge in [-0.3, -0.25) is 9.69 Å². The highest BCUT2D eigenvalue weighted by molar-refractivity contribution is 5.76. The predicted molar refractivity (Wildman–Crippen MR) is 93.3 cm³/mol. The van der Waals surface area contributed by atoms with Crippen molar-refractivity contribution in [2.45, 2.75) is 51.6 Å². The largest absolute Gasteiger partial charge is 0.382 e. The van der Waals surface area contributed by atoms with E-state index in [0.29, 0.717) is 25.1 Å². The minimum absolute atomic E-state index is 0.166. The highest BCUT2D eigenvalue weighted by Gasteiger charge is 2.24. The highest BCUT2D eigenvalue weighted by Crippen LogP contribution is 2.23. The zero-order valence-electron chi connectivity index (χ0n) is 14.5. The SMILES string of the molecule is CCOCCCC(=O)NC1CCN([C@@H](C)c2ccccc2)CC1. The number of likely N-dealkylation sites (tertiary alicyclic amines) is 1. The first-order valence-corrected chi connectivity index (χ1v) is 8.86. The second kappa shape index (κ2) is 9.68. The number of rotatable bonds is 8. The molecule has 4 heteroatoms. The molecule has 0 aliphatic carbocycles. The van der Waals surface area contributed by atoms with Gasteiger partial charge >= 0.3 is 0 Å². The van der Waals surface area contributed by atoms with E-state index in [1.165, 1.54) is 5.56 Å². The van der Waals surface area contributed by atoms with Gasteiger partial charge in [-0.05, 0) is 38.7 Å². The molecule has 1 aliphatic rings. The number of piperidine rings is 1. The van der Waals surface area contributed by atoms with Crippen molar-refractivity contribution < 1.29 is 9.53 Å². The van der Waals surface area contributed by atoms with Crippen molar-refractivity contribution >= 4 is 5.91 Å². The maximum Gasteiger partial charge on any atom is 0.220 e. The summed E-state index contributed by atoms with van der Waals surface area (Å²) in [7, 11) is 0. The van der Waals surface area contributed by atoms with Crippen LogP contribution in [0.4, 0.5) is 0 Å². The molecule has 128 valence electrons. The number of ether oxygens (including phenoxy) is 1. The molecule has 2 rings (SSSR count). The first-order chi connectivity index (χ1) is 11.2. The third-order valence-corrected chi connectivity index (χ3v) is 4.62. The Labute approximate surface area is 140 Å². The molecule has 0 unspecified atom stereocenters. The second-order valence-corrected chi connectivity index (χ2v) is 6.26. The number of nitrogens with one attached hydrogen (secondary N) is 1. The fraction of sp³-hybridized carbons (Fsp3) is 0.632. The molecule has 1 aromatic carbocycles. The quantitative estimate of drug-likeness (QED) is 0.749. The molecular formula is C19H30N2O2. The molecule has 1 amide bonds. The fourth-order valence-corrected chi connectivity index (χ4v) is 3.15. The Bertz CT molecular complexity index is 456. The van der Waals surface area contributed by atoms with Crippen LogP contribution in [0.15, 0.2) is 30.3 Å². The van der Waals surface area contributed by atoms with Crippen molar-refractivity contribution in [1.29, 1.82) is 0 Å². The summed E-state index contributed by atoms with van der Waals surface area (Å²) >= 11 is 0. The molecule has 23 heavy (non-hydrogen) atoms. The number of hydrogen-bond donors (Lipinski definition) is 1. The van der Waals surface area contributed by atoms with Crippen molar-refractivity contribution in [3.63, 3.8) is 0 Å². The van der Waals surface area contributed by atoms with E-state index in [-0.39, 0.29) is 5.91 Å². The van der Waals surface area contributed by atoms with Gasteiger partial charge in [0, 0.05) is 44.8 Å². The summed E-state index contributed by atoms with van der Waals surface area (Å²) < 4.78 is 5.27. The fourth-order valence-electron chi connectivity index (χ4n) is 3.15. The zero-order valence-corrected chi connectivity index (χ0v) is 14.5. The third kappa shape index (κ3) is 5.96. The minimum Gasteiger partial charge on any atom is -0.382 e. The lowest BCUT2D eigenvalue weighted by Crippen LogP contribution is -2.45. The van der Waals surface area contributed by atoms with Crippen LogP contribution in [0.5, 0.6) is 0 Å². The van der Waals surface area contributed by atoms with Gasteiger partial charge in [0.25, 0.3) is 0 Å². The summed E-state index contributed by atoms with van der Waals surface area (Å²) in [4.78, 5) is 14.4. The number of hydrogen-bond acceptors (Lipinski definition) is 3. The summed E-state index contributed by atoms with van der Waals surface area (Å²) in [6.07, 6.45) is 3.45. The van der Waals surface area contributed by atoms with Crippen molar-refractivity contribution in [2.75, 3.05) is 26.3 Å². The molecule has 0 saturated carbocycles. The third-order valence-electron chi connectivity index (χ3n) is 4.62. The van der Waals surface area contributed by atoms with Crippen LogP contribution in [0.25, 0.3) is 0 Å². The first kappa shape index (κ1) is 18.0. The van der Waals surface area contributed by atoms with E-state index >= 15 is 0 Å². The van der Waals surface area contributed by atoms with E-state index in [9.17, 15) is 4.79 Å². The molecule has 1 fully saturated rings. The maximum absolute atomic E-state index is 11.9. The molecule has 0 aromatic heterocycles. The molecule has 1 saturated heterocycles. The van der Waals surface area contributed by atoms with E-state index in [1.54, 1.807) is 0 Å². The van der Waals surface area contributed by atoms with Crippen LogP contribution in [0.2, 0.25) is 0 Å². The van der Waals surface area contributed by atoms with Crippen molar-refractivity contribution in [3.05, 3.63) is 35.9 Å². The molecule has 4 nitrogen and oxygen atoms in total. The Kier molecular flexibility index (Phi) is 7.56. The number of nitrogens with zero attached hydrogens (tertiary/aromatic N) is 1. The van der Waals surface area contributed by atoms with Crippen molar-refractivity contribution in [2.24, 2.45) is 0 Å². The first-order valence-electron chi connectivity index (χ1n) is 8.86. The van der Waals surface area contributed by atoms with Gasteiger partial charge in [-0.2, -0.15) is 0 Å². The van der Waals surface area contributed by atoms with Crippen LogP contribution in [0, 0.1) is 0 Å². The summed E-state index contributed by atoms with van der Waals surface area (Å²) in [5, 5.41) is 3.17. The van der Waals surface area contributed by atoms with E-state index in [4.69, 9.17) is 4.74 Å². The predicted octanol–water partition coefficient (Wildman–Crippen LogP) is 3.14. The molecule has 0 spiro atoms. The number of benzene rings is 1. The van der Waals surface area contributed by atoms with Gasteiger partial charge in [-0.1, -0.05) is 30.3 Å². The molecule has 1 aromatic rings. The number of carbonyl (C=O) groups is 1. The second-order valence-electron chi connectivity index (χ2n) is 6.26. The molecule has 0 bridgehead atoms. The molecule has 1 heterocycles. The van der Waals surface area contributed by atoms with Crippen molar-refractivity contribution in [3.8, 4) is 0 Å². The summed E-state index contributed by atoms with van der Waals surface area (Å²) in [6.45, 7) is 7.73. The van der Waals surface area contributed by atoms with E-state index in [2.05, 4.69) is 47.5 Å². The van der Waals surface area contributed by atoms with E-state index < -0.39 is 0 Å². The Hall–Kier alpha value is -1.39. The molecule has 1 N–H and O–H groups in total. The van der Waals surface area contributed by atoms with Gasteiger partial charge in [-0.25, -0.2) is 0 Å². The highest BCUT2D eigenvalue weighted by atomic mass is 16.5. The molecule has 1 atom stereocenters. The van der Waals surface area contributed by atoms with Gasteiger partial charge in [0.1, 0.15) is 0 Å². The van der Waals surface area contributed by atoms with Crippen LogP contribution in [0.1, 0.15) is 51.1 Å². The van der Waals surface area contributed by atoms with E-state index in [1.807, 2.05) is 6.92 Å². The lowest BCUT2D eigenvalue weighted by Gasteiger charge is -2.36. The van der Waals surface area contributed by atoms with Crippen LogP contribution >= 0.6 is 0 Å². The van der Waals surface area contributed by atoms with Crippen LogP contribution < -0.4 is 5.32 Å². The topological polar surface area (TPSA) is 41.6 Å². The van der Waals surface area contributed by atoms with Gasteiger partial charge in [0.05, 0.1) is 0 Å². The van der Waals surface area contributed by atoms with E-state index in [0.717, 1.165) is 39.0 Å². The average Bonchev–Trinajstić information content (AvgIpc) is 2.59. The molecule has 0 radical (unpaired) electrons. The van der Waals surface area contributed by atoms with Crippen LogP contribution in [-0.2, 0) is 9.53 Å². The summed E-state index contributed by atoms with van der Waals surface area (Å²) in [6, 6.07) is 11.4. The van der Waals surface area contributed by atoms with Gasteiger partial charge < -0.3 is 10.1 Å². The standard InChI is InChI=1S/C19H30N2O2/c1-3-23-15-7-10-19(22)20-18-11-13-21(14-12-18)16(2)17-8-5-4-6-9-17/h4-6,8-9,16,18H,3,7,10-15H2,1-2H3,(H,20,22)/t16-/m0/s1. The molecule has 1 aliphatic heterocycles. The average molecular weight is 318 g/mol. The Morgan fingerprint density at radius 1 is 1.30 bits per heavy atom. The lowest BCUT2D eigenvalue weighted by molar-refractivity contribution is -0.122. The Morgan fingerprint density at radius 2 is 2.00 bits per heavy atom. The monoisotopic (exact) mass is 318 g/mol. The number of amides is 1. The Balaban J connectivity index is 1.68. The zero-order chi connectivity index (χ0) is 16.5. The van der Waals surface area contributed by atoms with Crippen LogP contribution in [-0.4, -0.2) is 43.2 Å². The molecular weight excluding hydrogens is 288 g/mol. The lowest BCUT2D eigenvalue weighted by atomic mass is 10.00. The maximum atomic E-state index is 11.9. The summed E-state index contributed by atoms with van der Waals surface area (Å²) in [5.41, 5.74) is 1.37. The van der Waals surface area contributed by atoms with Crippen molar-refractivity contribution in [1.82, 2.24) is 10.2 Å².